The number of rotatable bonds is 3. The van der Waals surface area contributed by atoms with Crippen LogP contribution in [0.15, 0.2) is 48.0 Å². The van der Waals surface area contributed by atoms with Gasteiger partial charge < -0.3 is 4.74 Å². The number of carbonyl (C=O) groups is 1. The molecule has 0 saturated carbocycles. The number of aryl methyl sites for hydroxylation is 1. The molecule has 7 nitrogen and oxygen atoms in total. The molecule has 0 unspecified atom stereocenters. The molecule has 3 heterocycles. The van der Waals surface area contributed by atoms with Crippen LogP contribution >= 0.6 is 11.3 Å². The second-order valence-corrected chi connectivity index (χ2v) is 7.40. The minimum atomic E-state index is -0.501. The lowest BCUT2D eigenvalue weighted by atomic mass is 9.94. The molecular weight excluding hydrogens is 374 g/mol. The van der Waals surface area contributed by atoms with Crippen LogP contribution in [0.1, 0.15) is 24.1 Å². The third-order valence-corrected chi connectivity index (χ3v) is 5.56. The van der Waals surface area contributed by atoms with Crippen molar-refractivity contribution in [1.29, 1.82) is 0 Å². The summed E-state index contributed by atoms with van der Waals surface area (Å²) in [5.74, 6) is 0. The van der Waals surface area contributed by atoms with Gasteiger partial charge in [0.15, 0.2) is 0 Å². The van der Waals surface area contributed by atoms with Crippen molar-refractivity contribution >= 4 is 23.1 Å². The number of carbonyl (C=O) groups excluding carboxylic acids is 1. The van der Waals surface area contributed by atoms with Crippen LogP contribution in [0, 0.1) is 0 Å². The second kappa shape index (κ2) is 7.85. The van der Waals surface area contributed by atoms with Gasteiger partial charge in [0.05, 0.1) is 29.1 Å². The summed E-state index contributed by atoms with van der Waals surface area (Å²) in [4.78, 5) is 26.2. The van der Waals surface area contributed by atoms with Crippen LogP contribution in [-0.2, 0) is 11.2 Å². The van der Waals surface area contributed by atoms with E-state index in [0.29, 0.717) is 0 Å². The Kier molecular flexibility index (Phi) is 5.12. The van der Waals surface area contributed by atoms with Crippen LogP contribution in [0.25, 0.3) is 21.1 Å². The number of fused-ring (bicyclic) bond motifs is 1. The van der Waals surface area contributed by atoms with Gasteiger partial charge in [-0.15, -0.1) is 11.3 Å². The first-order chi connectivity index (χ1) is 13.7. The molecule has 142 valence electrons. The van der Waals surface area contributed by atoms with Gasteiger partial charge in [0, 0.05) is 31.2 Å². The number of hydrazone groups is 1. The smallest absolute Gasteiger partial charge is 0.429 e. The Morgan fingerprint density at radius 2 is 2.14 bits per heavy atom. The Labute approximate surface area is 166 Å². The first kappa shape index (κ1) is 18.2. The van der Waals surface area contributed by atoms with Gasteiger partial charge >= 0.3 is 6.09 Å². The van der Waals surface area contributed by atoms with E-state index >= 15 is 0 Å². The number of hydrogen-bond donors (Lipinski definition) is 0. The maximum atomic E-state index is 11.7. The topological polar surface area (TPSA) is 80.6 Å². The highest BCUT2D eigenvalue weighted by Gasteiger charge is 2.20. The minimum absolute atomic E-state index is 0.501. The molecule has 8 heteroatoms. The highest BCUT2D eigenvalue weighted by molar-refractivity contribution is 7.18. The van der Waals surface area contributed by atoms with E-state index in [2.05, 4.69) is 21.1 Å². The fourth-order valence-corrected chi connectivity index (χ4v) is 3.98. The third kappa shape index (κ3) is 3.63. The summed E-state index contributed by atoms with van der Waals surface area (Å²) in [6.45, 7) is 0. The molecule has 0 radical (unpaired) electrons. The van der Waals surface area contributed by atoms with Crippen molar-refractivity contribution in [2.75, 3.05) is 14.2 Å². The van der Waals surface area contributed by atoms with Crippen molar-refractivity contribution in [3.05, 3.63) is 54.1 Å². The van der Waals surface area contributed by atoms with Gasteiger partial charge in [-0.05, 0) is 43.0 Å². The second-order valence-electron chi connectivity index (χ2n) is 6.37. The molecule has 3 aromatic rings. The third-order valence-electron chi connectivity index (χ3n) is 4.49. The van der Waals surface area contributed by atoms with E-state index in [1.807, 2.05) is 24.4 Å². The molecule has 1 amide bonds. The first-order valence-electron chi connectivity index (χ1n) is 8.92. The average Bonchev–Trinajstić information content (AvgIpc) is 3.24. The zero-order valence-electron chi connectivity index (χ0n) is 15.6. The fourth-order valence-electron chi connectivity index (χ4n) is 3.11. The Bertz CT molecular complexity index is 1030. The summed E-state index contributed by atoms with van der Waals surface area (Å²) in [6, 6.07) is 8.00. The number of aromatic nitrogens is 3. The van der Waals surface area contributed by atoms with Crippen molar-refractivity contribution in [2.45, 2.75) is 19.3 Å². The number of amides is 1. The monoisotopic (exact) mass is 393 g/mol. The molecule has 0 atom stereocenters. The number of hydrogen-bond acceptors (Lipinski definition) is 7. The molecule has 0 fully saturated rings. The van der Waals surface area contributed by atoms with Gasteiger partial charge in [-0.2, -0.15) is 5.10 Å². The molecular formula is C20H19N5O2S. The van der Waals surface area contributed by atoms with Gasteiger partial charge in [-0.25, -0.2) is 19.8 Å². The summed E-state index contributed by atoms with van der Waals surface area (Å²) in [7, 11) is 2.92. The van der Waals surface area contributed by atoms with Gasteiger partial charge in [0.2, 0.25) is 0 Å². The highest BCUT2D eigenvalue weighted by Crippen LogP contribution is 2.32. The summed E-state index contributed by atoms with van der Waals surface area (Å²) >= 11 is 1.58. The van der Waals surface area contributed by atoms with E-state index in [1.165, 1.54) is 12.1 Å². The molecule has 4 rings (SSSR count). The van der Waals surface area contributed by atoms with Gasteiger partial charge in [0.25, 0.3) is 0 Å². The van der Waals surface area contributed by atoms with E-state index in [4.69, 9.17) is 9.72 Å². The Balaban J connectivity index is 1.68. The Hall–Kier alpha value is -3.13. The van der Waals surface area contributed by atoms with Crippen LogP contribution < -0.4 is 0 Å². The number of pyridine rings is 2. The number of methoxy groups -OCH3 is 1. The van der Waals surface area contributed by atoms with Crippen molar-refractivity contribution in [3.63, 3.8) is 0 Å². The van der Waals surface area contributed by atoms with Crippen LogP contribution in [0.4, 0.5) is 4.79 Å². The van der Waals surface area contributed by atoms with Gasteiger partial charge in [0.1, 0.15) is 5.01 Å². The molecule has 0 saturated heterocycles. The SMILES string of the molecule is COC(=O)N(C)N=C1CCCc2ccc(-c3cnc(-c4cccnc4)s3)nc21. The molecule has 0 bridgehead atoms. The van der Waals surface area contributed by atoms with Crippen LogP contribution in [-0.4, -0.2) is 45.9 Å². The number of nitrogens with zero attached hydrogens (tertiary/aromatic N) is 5. The zero-order valence-corrected chi connectivity index (χ0v) is 16.4. The van der Waals surface area contributed by atoms with Crippen molar-refractivity contribution in [1.82, 2.24) is 20.0 Å². The van der Waals surface area contributed by atoms with Crippen LogP contribution in [0.2, 0.25) is 0 Å². The van der Waals surface area contributed by atoms with Crippen LogP contribution in [0.5, 0.6) is 0 Å². The van der Waals surface area contributed by atoms with E-state index in [9.17, 15) is 4.79 Å². The van der Waals surface area contributed by atoms with E-state index in [0.717, 1.165) is 57.4 Å². The predicted molar refractivity (Wildman–Crippen MR) is 108 cm³/mol. The molecule has 1 aliphatic rings. The van der Waals surface area contributed by atoms with E-state index in [1.54, 1.807) is 30.8 Å². The lowest BCUT2D eigenvalue weighted by Crippen LogP contribution is -2.25. The van der Waals surface area contributed by atoms with E-state index < -0.39 is 6.09 Å². The van der Waals surface area contributed by atoms with Crippen molar-refractivity contribution in [3.8, 4) is 21.1 Å². The summed E-state index contributed by atoms with van der Waals surface area (Å²) in [5, 5.41) is 6.55. The maximum absolute atomic E-state index is 11.7. The lowest BCUT2D eigenvalue weighted by Gasteiger charge is -2.19. The van der Waals surface area contributed by atoms with Crippen molar-refractivity contribution in [2.24, 2.45) is 5.10 Å². The minimum Gasteiger partial charge on any atom is -0.451 e. The standard InChI is InChI=1S/C20H19N5O2S/c1-25(20(26)27-2)24-16-7-3-5-13-8-9-15(23-18(13)16)17-12-22-19(28-17)14-6-4-10-21-11-14/h4,6,8-12H,3,5,7H2,1-2H3. The zero-order chi connectivity index (χ0) is 19.5. The molecule has 0 aliphatic heterocycles. The van der Waals surface area contributed by atoms with Crippen molar-refractivity contribution < 1.29 is 9.53 Å². The van der Waals surface area contributed by atoms with Crippen LogP contribution in [0.3, 0.4) is 0 Å². The predicted octanol–water partition coefficient (Wildman–Crippen LogP) is 4.01. The Morgan fingerprint density at radius 3 is 2.93 bits per heavy atom. The molecule has 0 N–H and O–H groups in total. The first-order valence-corrected chi connectivity index (χ1v) is 9.73. The van der Waals surface area contributed by atoms with Gasteiger partial charge in [-0.3, -0.25) is 4.98 Å². The summed E-state index contributed by atoms with van der Waals surface area (Å²) in [6.07, 6.45) is 7.59. The summed E-state index contributed by atoms with van der Waals surface area (Å²) < 4.78 is 4.73. The molecule has 3 aromatic heterocycles. The molecule has 1 aliphatic carbocycles. The highest BCUT2D eigenvalue weighted by atomic mass is 32.1. The number of thiazole rings is 1. The maximum Gasteiger partial charge on any atom is 0.429 e. The normalized spacial score (nSPS) is 14.6. The molecule has 0 aromatic carbocycles. The molecule has 0 spiro atoms. The van der Waals surface area contributed by atoms with Gasteiger partial charge in [-0.1, -0.05) is 6.07 Å². The quantitative estimate of drug-likeness (QED) is 0.628. The lowest BCUT2D eigenvalue weighted by molar-refractivity contribution is 0.134. The largest absolute Gasteiger partial charge is 0.451 e. The van der Waals surface area contributed by atoms with E-state index in [-0.39, 0.29) is 0 Å². The summed E-state index contributed by atoms with van der Waals surface area (Å²) in [5.41, 5.74) is 4.62. The molecule has 28 heavy (non-hydrogen) atoms. The Morgan fingerprint density at radius 1 is 1.25 bits per heavy atom. The number of ether oxygens (including phenoxy) is 1. The average molecular weight is 393 g/mol. The fraction of sp³-hybridized carbons (Fsp3) is 0.250.